The van der Waals surface area contributed by atoms with E-state index in [1.54, 1.807) is 7.11 Å². The quantitative estimate of drug-likeness (QED) is 0.514. The smallest absolute Gasteiger partial charge is 0.170 e. The van der Waals surface area contributed by atoms with Crippen LogP contribution in [0, 0.1) is 0 Å². The lowest BCUT2D eigenvalue weighted by atomic mass is 10.1. The van der Waals surface area contributed by atoms with Crippen molar-refractivity contribution in [2.24, 2.45) is 0 Å². The highest BCUT2D eigenvalue weighted by Crippen LogP contribution is 2.19. The number of benzene rings is 2. The van der Waals surface area contributed by atoms with Crippen molar-refractivity contribution < 1.29 is 9.47 Å². The second kappa shape index (κ2) is 10.6. The van der Waals surface area contributed by atoms with Crippen LogP contribution in [0.5, 0.6) is 11.5 Å². The van der Waals surface area contributed by atoms with Crippen LogP contribution in [0.2, 0.25) is 0 Å². The number of thiocarbonyl (C=S) groups is 1. The zero-order valence-corrected chi connectivity index (χ0v) is 15.7. The summed E-state index contributed by atoms with van der Waals surface area (Å²) in [4.78, 5) is 0. The third-order valence-electron chi connectivity index (χ3n) is 3.67. The molecule has 0 bridgehead atoms. The predicted molar refractivity (Wildman–Crippen MR) is 108 cm³/mol. The normalized spacial score (nSPS) is 10.2. The van der Waals surface area contributed by atoms with Crippen LogP contribution in [-0.4, -0.2) is 25.4 Å². The molecule has 0 atom stereocenters. The summed E-state index contributed by atoms with van der Waals surface area (Å²) in [6.45, 7) is 3.67. The van der Waals surface area contributed by atoms with Crippen LogP contribution in [0.3, 0.4) is 0 Å². The number of hydrogen-bond acceptors (Lipinski definition) is 3. The van der Waals surface area contributed by atoms with E-state index in [4.69, 9.17) is 21.7 Å². The van der Waals surface area contributed by atoms with Gasteiger partial charge in [0.2, 0.25) is 0 Å². The van der Waals surface area contributed by atoms with Crippen LogP contribution in [0.15, 0.2) is 48.5 Å². The molecule has 2 aromatic carbocycles. The molecule has 0 heterocycles. The number of ether oxygens (including phenoxy) is 2. The minimum Gasteiger partial charge on any atom is -0.497 e. The molecule has 4 nitrogen and oxygen atoms in total. The monoisotopic (exact) mass is 358 g/mol. The number of methoxy groups -OCH3 is 1. The van der Waals surface area contributed by atoms with Crippen molar-refractivity contribution in [3.63, 3.8) is 0 Å². The molecule has 0 saturated heterocycles. The third kappa shape index (κ3) is 6.63. The Morgan fingerprint density at radius 1 is 1.12 bits per heavy atom. The molecule has 0 saturated carbocycles. The molecule has 2 rings (SSSR count). The molecular weight excluding hydrogens is 332 g/mol. The Kier molecular flexibility index (Phi) is 8.05. The summed E-state index contributed by atoms with van der Waals surface area (Å²) in [6, 6.07) is 15.9. The van der Waals surface area contributed by atoms with Crippen molar-refractivity contribution in [3.05, 3.63) is 54.1 Å². The maximum atomic E-state index is 5.79. The number of anilines is 1. The minimum absolute atomic E-state index is 0.615. The number of aryl methyl sites for hydroxylation is 1. The Bertz CT molecular complexity index is 676. The Morgan fingerprint density at radius 3 is 2.76 bits per heavy atom. The fraction of sp³-hybridized carbons (Fsp3) is 0.350. The van der Waals surface area contributed by atoms with Crippen LogP contribution in [0.4, 0.5) is 5.69 Å². The van der Waals surface area contributed by atoms with Crippen molar-refractivity contribution in [1.82, 2.24) is 5.32 Å². The maximum Gasteiger partial charge on any atom is 0.170 e. The Morgan fingerprint density at radius 2 is 1.96 bits per heavy atom. The molecule has 0 aliphatic rings. The van der Waals surface area contributed by atoms with Crippen LogP contribution in [0.1, 0.15) is 25.3 Å². The first-order valence-corrected chi connectivity index (χ1v) is 9.03. The van der Waals surface area contributed by atoms with Gasteiger partial charge in [0.1, 0.15) is 11.5 Å². The summed E-state index contributed by atoms with van der Waals surface area (Å²) < 4.78 is 11.0. The van der Waals surface area contributed by atoms with Gasteiger partial charge < -0.3 is 20.1 Å². The van der Waals surface area contributed by atoms with Crippen molar-refractivity contribution in [3.8, 4) is 11.5 Å². The molecule has 5 heteroatoms. The van der Waals surface area contributed by atoms with Gasteiger partial charge >= 0.3 is 0 Å². The Balaban J connectivity index is 1.74. The lowest BCUT2D eigenvalue weighted by Gasteiger charge is -2.13. The SMILES string of the molecule is CCCOc1ccccc1CCCNC(=S)Nc1cccc(OC)c1. The summed E-state index contributed by atoms with van der Waals surface area (Å²) in [5, 5.41) is 7.03. The van der Waals surface area contributed by atoms with Gasteiger partial charge in [-0.05, 0) is 55.2 Å². The predicted octanol–water partition coefficient (Wildman–Crippen LogP) is 4.40. The lowest BCUT2D eigenvalue weighted by molar-refractivity contribution is 0.314. The zero-order chi connectivity index (χ0) is 17.9. The van der Waals surface area contributed by atoms with E-state index in [2.05, 4.69) is 29.7 Å². The Hall–Kier alpha value is -2.27. The van der Waals surface area contributed by atoms with Gasteiger partial charge in [-0.25, -0.2) is 0 Å². The van der Waals surface area contributed by atoms with Gasteiger partial charge in [0.05, 0.1) is 13.7 Å². The molecule has 2 N–H and O–H groups in total. The van der Waals surface area contributed by atoms with E-state index in [0.29, 0.717) is 5.11 Å². The molecule has 0 aliphatic carbocycles. The molecule has 0 spiro atoms. The van der Waals surface area contributed by atoms with Crippen LogP contribution in [0.25, 0.3) is 0 Å². The van der Waals surface area contributed by atoms with Gasteiger partial charge in [0.15, 0.2) is 5.11 Å². The lowest BCUT2D eigenvalue weighted by Crippen LogP contribution is -2.29. The number of rotatable bonds is 9. The molecule has 0 radical (unpaired) electrons. The van der Waals surface area contributed by atoms with Gasteiger partial charge in [-0.3, -0.25) is 0 Å². The van der Waals surface area contributed by atoms with Crippen LogP contribution >= 0.6 is 12.2 Å². The maximum absolute atomic E-state index is 5.79. The standard InChI is InChI=1S/C20H26N2O2S/c1-3-14-24-19-12-5-4-8-16(19)9-7-13-21-20(25)22-17-10-6-11-18(15-17)23-2/h4-6,8,10-12,15H,3,7,9,13-14H2,1-2H3,(H2,21,22,25). The summed E-state index contributed by atoms with van der Waals surface area (Å²) in [6.07, 6.45) is 2.95. The van der Waals surface area contributed by atoms with Crippen molar-refractivity contribution in [2.75, 3.05) is 25.6 Å². The van der Waals surface area contributed by atoms with E-state index in [0.717, 1.165) is 49.6 Å². The first-order valence-electron chi connectivity index (χ1n) is 8.62. The van der Waals surface area contributed by atoms with Crippen molar-refractivity contribution in [2.45, 2.75) is 26.2 Å². The summed E-state index contributed by atoms with van der Waals surface area (Å²) in [5.41, 5.74) is 2.15. The molecule has 25 heavy (non-hydrogen) atoms. The van der Waals surface area contributed by atoms with Crippen LogP contribution < -0.4 is 20.1 Å². The van der Waals surface area contributed by atoms with Crippen molar-refractivity contribution in [1.29, 1.82) is 0 Å². The second-order valence-corrected chi connectivity index (χ2v) is 6.08. The summed E-state index contributed by atoms with van der Waals surface area (Å²) >= 11 is 5.34. The van der Waals surface area contributed by atoms with Gasteiger partial charge in [0, 0.05) is 18.3 Å². The van der Waals surface area contributed by atoms with E-state index in [1.165, 1.54) is 5.56 Å². The molecule has 0 fully saturated rings. The minimum atomic E-state index is 0.615. The first-order chi connectivity index (χ1) is 12.2. The molecule has 0 aliphatic heterocycles. The molecule has 134 valence electrons. The van der Waals surface area contributed by atoms with Gasteiger partial charge in [-0.1, -0.05) is 31.2 Å². The number of para-hydroxylation sites is 1. The molecule has 2 aromatic rings. The van der Waals surface area contributed by atoms with Gasteiger partial charge in [-0.2, -0.15) is 0 Å². The zero-order valence-electron chi connectivity index (χ0n) is 14.9. The molecule has 0 unspecified atom stereocenters. The molecule has 0 aromatic heterocycles. The van der Waals surface area contributed by atoms with E-state index in [-0.39, 0.29) is 0 Å². The highest BCUT2D eigenvalue weighted by Gasteiger charge is 2.03. The fourth-order valence-corrected chi connectivity index (χ4v) is 2.64. The molecule has 0 amide bonds. The number of nitrogens with one attached hydrogen (secondary N) is 2. The van der Waals surface area contributed by atoms with Gasteiger partial charge in [-0.15, -0.1) is 0 Å². The average molecular weight is 359 g/mol. The third-order valence-corrected chi connectivity index (χ3v) is 3.92. The largest absolute Gasteiger partial charge is 0.497 e. The Labute approximate surface area is 155 Å². The second-order valence-electron chi connectivity index (χ2n) is 5.67. The first kappa shape index (κ1) is 19.1. The van der Waals surface area contributed by atoms with E-state index in [1.807, 2.05) is 36.4 Å². The van der Waals surface area contributed by atoms with E-state index >= 15 is 0 Å². The van der Waals surface area contributed by atoms with Crippen molar-refractivity contribution >= 4 is 23.0 Å². The summed E-state index contributed by atoms with van der Waals surface area (Å²) in [5.74, 6) is 1.79. The van der Waals surface area contributed by atoms with E-state index < -0.39 is 0 Å². The topological polar surface area (TPSA) is 42.5 Å². The highest BCUT2D eigenvalue weighted by molar-refractivity contribution is 7.80. The average Bonchev–Trinajstić information content (AvgIpc) is 2.64. The highest BCUT2D eigenvalue weighted by atomic mass is 32.1. The van der Waals surface area contributed by atoms with Crippen LogP contribution in [-0.2, 0) is 6.42 Å². The summed E-state index contributed by atoms with van der Waals surface area (Å²) in [7, 11) is 1.65. The fourth-order valence-electron chi connectivity index (χ4n) is 2.42. The van der Waals surface area contributed by atoms with Gasteiger partial charge in [0.25, 0.3) is 0 Å². The van der Waals surface area contributed by atoms with E-state index in [9.17, 15) is 0 Å². The molecular formula is C20H26N2O2S. The number of hydrogen-bond donors (Lipinski definition) is 2.